The van der Waals surface area contributed by atoms with Gasteiger partial charge in [0.05, 0.1) is 11.4 Å². The van der Waals surface area contributed by atoms with Crippen LogP contribution in [0.5, 0.6) is 5.75 Å². The summed E-state index contributed by atoms with van der Waals surface area (Å²) in [6.07, 6.45) is 2.06. The van der Waals surface area contributed by atoms with Crippen LogP contribution in [0.15, 0.2) is 95.9 Å². The van der Waals surface area contributed by atoms with E-state index in [2.05, 4.69) is 16.8 Å². The zero-order valence-corrected chi connectivity index (χ0v) is 26.8. The van der Waals surface area contributed by atoms with Crippen LogP contribution in [0, 0.1) is 0 Å². The minimum absolute atomic E-state index is 0.257. The maximum atomic E-state index is 12.8. The van der Waals surface area contributed by atoms with Crippen molar-refractivity contribution >= 4 is 33.0 Å². The third-order valence-electron chi connectivity index (χ3n) is 7.05. The van der Waals surface area contributed by atoms with E-state index in [-0.39, 0.29) is 10.8 Å². The van der Waals surface area contributed by atoms with Gasteiger partial charge in [-0.25, -0.2) is 23.2 Å². The number of ether oxygens (including phenoxy) is 2. The zero-order valence-electron chi connectivity index (χ0n) is 26.0. The smallest absolute Gasteiger partial charge is 0.428 e. The average Bonchev–Trinajstić information content (AvgIpc) is 3.35. The van der Waals surface area contributed by atoms with Crippen LogP contribution < -0.4 is 10.1 Å². The van der Waals surface area contributed by atoms with Gasteiger partial charge in [0.15, 0.2) is 15.5 Å². The second-order valence-electron chi connectivity index (χ2n) is 11.8. The first-order valence-electron chi connectivity index (χ1n) is 15.0. The molecule has 0 unspecified atom stereocenters. The molecule has 0 saturated heterocycles. The molecule has 9 nitrogen and oxygen atoms in total. The molecule has 0 radical (unpaired) electrons. The van der Waals surface area contributed by atoms with Crippen molar-refractivity contribution in [2.75, 3.05) is 11.2 Å². The Hall–Kier alpha value is -4.70. The van der Waals surface area contributed by atoms with E-state index in [4.69, 9.17) is 19.4 Å². The predicted octanol–water partition coefficient (Wildman–Crippen LogP) is 7.65. The summed E-state index contributed by atoms with van der Waals surface area (Å²) in [4.78, 5) is 22.3. The quantitative estimate of drug-likeness (QED) is 0.118. The van der Waals surface area contributed by atoms with Gasteiger partial charge in [0.25, 0.3) is 0 Å². The van der Waals surface area contributed by atoms with Gasteiger partial charge in [-0.2, -0.15) is 0 Å². The van der Waals surface area contributed by atoms with Gasteiger partial charge in [-0.1, -0.05) is 74.0 Å². The number of hydrogen-bond donors (Lipinski definition) is 1. The van der Waals surface area contributed by atoms with E-state index in [1.54, 1.807) is 63.2 Å². The highest BCUT2D eigenvalue weighted by Crippen LogP contribution is 2.31. The lowest BCUT2D eigenvalue weighted by molar-refractivity contribution is 0.0207. The number of aromatic nitrogens is 3. The average molecular weight is 627 g/mol. The van der Waals surface area contributed by atoms with E-state index in [0.29, 0.717) is 23.8 Å². The van der Waals surface area contributed by atoms with Crippen LogP contribution in [0.1, 0.15) is 51.9 Å². The summed E-state index contributed by atoms with van der Waals surface area (Å²) in [5.41, 5.74) is 3.48. The van der Waals surface area contributed by atoms with E-state index in [1.807, 2.05) is 48.5 Å². The molecule has 0 amide bonds. The maximum absolute atomic E-state index is 12.8. The second kappa shape index (κ2) is 13.5. The normalized spacial score (nSPS) is 11.8. The van der Waals surface area contributed by atoms with Gasteiger partial charge in [0.1, 0.15) is 34.4 Å². The monoisotopic (exact) mass is 626 g/mol. The van der Waals surface area contributed by atoms with Crippen molar-refractivity contribution in [2.24, 2.45) is 0 Å². The van der Waals surface area contributed by atoms with Crippen molar-refractivity contribution < 1.29 is 22.7 Å². The number of carbonyl (C=O) groups excluding carboxylic acids is 1. The number of fused-ring (bicyclic) bond motifs is 1. The summed E-state index contributed by atoms with van der Waals surface area (Å²) in [5, 5.41) is 2.99. The fourth-order valence-corrected chi connectivity index (χ4v) is 5.92. The standard InChI is InChI=1S/C35H38N4O5S/c1-5-6-16-32-37-29-21-22-31(36-24-45(41,42)27-12-8-7-9-13-27)38-33(29)39(32)23-25-17-19-26(20-18-25)28-14-10-11-15-30(28)43-34(40)44-35(2,3)4/h7-15,17-22H,5-6,16,23-24H2,1-4H3,(H,36,38). The lowest BCUT2D eigenvalue weighted by Gasteiger charge is -2.19. The molecule has 0 aliphatic rings. The van der Waals surface area contributed by atoms with E-state index in [0.717, 1.165) is 47.3 Å². The number of anilines is 1. The Labute approximate surface area is 264 Å². The summed E-state index contributed by atoms with van der Waals surface area (Å²) in [6.45, 7) is 8.05. The first-order valence-corrected chi connectivity index (χ1v) is 16.6. The predicted molar refractivity (Wildman–Crippen MR) is 176 cm³/mol. The van der Waals surface area contributed by atoms with Crippen molar-refractivity contribution in [3.63, 3.8) is 0 Å². The summed E-state index contributed by atoms with van der Waals surface area (Å²) >= 11 is 0. The van der Waals surface area contributed by atoms with E-state index in [9.17, 15) is 13.2 Å². The molecular formula is C35H38N4O5S. The van der Waals surface area contributed by atoms with Gasteiger partial charge in [-0.15, -0.1) is 0 Å². The Balaban J connectivity index is 1.38. The van der Waals surface area contributed by atoms with Crippen molar-refractivity contribution in [1.82, 2.24) is 14.5 Å². The number of para-hydroxylation sites is 1. The number of sulfone groups is 1. The number of rotatable bonds is 11. The topological polar surface area (TPSA) is 112 Å². The lowest BCUT2D eigenvalue weighted by atomic mass is 10.0. The minimum Gasteiger partial charge on any atom is -0.428 e. The second-order valence-corrected chi connectivity index (χ2v) is 13.8. The maximum Gasteiger partial charge on any atom is 0.514 e. The van der Waals surface area contributed by atoms with Gasteiger partial charge in [-0.05, 0) is 68.7 Å². The van der Waals surface area contributed by atoms with Gasteiger partial charge in [-0.3, -0.25) is 0 Å². The molecule has 0 bridgehead atoms. The van der Waals surface area contributed by atoms with E-state index >= 15 is 0 Å². The molecule has 5 aromatic rings. The van der Waals surface area contributed by atoms with E-state index in [1.165, 1.54) is 0 Å². The fourth-order valence-electron chi connectivity index (χ4n) is 4.85. The summed E-state index contributed by atoms with van der Waals surface area (Å²) in [6, 6.07) is 27.4. The number of aryl methyl sites for hydroxylation is 1. The van der Waals surface area contributed by atoms with Crippen LogP contribution in [0.3, 0.4) is 0 Å². The number of carbonyl (C=O) groups is 1. The molecule has 10 heteroatoms. The highest BCUT2D eigenvalue weighted by molar-refractivity contribution is 7.91. The third-order valence-corrected chi connectivity index (χ3v) is 8.56. The number of pyridine rings is 1. The molecule has 0 fully saturated rings. The summed E-state index contributed by atoms with van der Waals surface area (Å²) in [5.74, 6) is 1.53. The number of hydrogen-bond acceptors (Lipinski definition) is 8. The van der Waals surface area contributed by atoms with Crippen LogP contribution in [0.25, 0.3) is 22.3 Å². The van der Waals surface area contributed by atoms with Crippen LogP contribution in [-0.4, -0.2) is 40.6 Å². The molecule has 3 aromatic carbocycles. The Kier molecular flexibility index (Phi) is 9.53. The van der Waals surface area contributed by atoms with Crippen LogP contribution >= 0.6 is 0 Å². The molecule has 1 N–H and O–H groups in total. The largest absolute Gasteiger partial charge is 0.514 e. The van der Waals surface area contributed by atoms with Crippen LogP contribution in [-0.2, 0) is 27.5 Å². The number of imidazole rings is 1. The summed E-state index contributed by atoms with van der Waals surface area (Å²) < 4.78 is 38.6. The SMILES string of the molecule is CCCCc1nc2ccc(NCS(=O)(=O)c3ccccc3)nc2n1Cc1ccc(-c2ccccc2OC(=O)OC(C)(C)C)cc1. The fraction of sp³-hybridized carbons (Fsp3) is 0.286. The molecule has 0 aliphatic carbocycles. The molecule has 0 spiro atoms. The van der Waals surface area contributed by atoms with Gasteiger partial charge < -0.3 is 19.4 Å². The number of benzene rings is 3. The highest BCUT2D eigenvalue weighted by Gasteiger charge is 2.20. The van der Waals surface area contributed by atoms with E-state index < -0.39 is 21.6 Å². The Morgan fingerprint density at radius 3 is 2.31 bits per heavy atom. The Bertz CT molecular complexity index is 1880. The molecule has 0 aliphatic heterocycles. The van der Waals surface area contributed by atoms with Crippen molar-refractivity contribution in [3.8, 4) is 16.9 Å². The summed E-state index contributed by atoms with van der Waals surface area (Å²) in [7, 11) is -3.53. The van der Waals surface area contributed by atoms with Crippen LogP contribution in [0.2, 0.25) is 0 Å². The molecule has 0 saturated carbocycles. The molecule has 234 valence electrons. The Morgan fingerprint density at radius 2 is 1.60 bits per heavy atom. The molecule has 2 heterocycles. The number of nitrogens with one attached hydrogen (secondary N) is 1. The highest BCUT2D eigenvalue weighted by atomic mass is 32.2. The number of nitrogens with zero attached hydrogens (tertiary/aromatic N) is 3. The van der Waals surface area contributed by atoms with Gasteiger partial charge in [0, 0.05) is 12.0 Å². The first-order chi connectivity index (χ1) is 21.5. The minimum atomic E-state index is -3.53. The zero-order chi connectivity index (χ0) is 32.0. The number of unbranched alkanes of at least 4 members (excludes halogenated alkanes) is 1. The third kappa shape index (κ3) is 8.07. The molecule has 0 atom stereocenters. The first kappa shape index (κ1) is 31.7. The van der Waals surface area contributed by atoms with Gasteiger partial charge in [0.2, 0.25) is 0 Å². The van der Waals surface area contributed by atoms with Crippen LogP contribution in [0.4, 0.5) is 10.6 Å². The molecular weight excluding hydrogens is 588 g/mol. The molecule has 45 heavy (non-hydrogen) atoms. The molecule has 2 aromatic heterocycles. The lowest BCUT2D eigenvalue weighted by Crippen LogP contribution is -2.26. The Morgan fingerprint density at radius 1 is 0.889 bits per heavy atom. The molecule has 5 rings (SSSR count). The van der Waals surface area contributed by atoms with Crippen molar-refractivity contribution in [2.45, 2.75) is 64.0 Å². The van der Waals surface area contributed by atoms with Gasteiger partial charge >= 0.3 is 6.16 Å². The van der Waals surface area contributed by atoms with Crippen molar-refractivity contribution in [1.29, 1.82) is 0 Å². The van der Waals surface area contributed by atoms with Crippen molar-refractivity contribution in [3.05, 3.63) is 102 Å².